The van der Waals surface area contributed by atoms with Gasteiger partial charge in [0.2, 0.25) is 0 Å². The first kappa shape index (κ1) is 13.9. The Balaban J connectivity index is 2.10. The van der Waals surface area contributed by atoms with Crippen LogP contribution in [0.25, 0.3) is 32.7 Å². The second kappa shape index (κ2) is 5.18. The van der Waals surface area contributed by atoms with E-state index in [1.54, 1.807) is 6.07 Å². The van der Waals surface area contributed by atoms with Crippen LogP contribution in [0.15, 0.2) is 66.7 Å². The van der Waals surface area contributed by atoms with Crippen LogP contribution < -0.4 is 0 Å². The fourth-order valence-electron chi connectivity index (χ4n) is 2.99. The van der Waals surface area contributed by atoms with Gasteiger partial charge in [0.25, 0.3) is 0 Å². The lowest BCUT2D eigenvalue weighted by atomic mass is 9.95. The summed E-state index contributed by atoms with van der Waals surface area (Å²) in [5.74, 6) is -0.375. The maximum absolute atomic E-state index is 10.2. The number of rotatable bonds is 1. The zero-order valence-electron chi connectivity index (χ0n) is 12.1. The van der Waals surface area contributed by atoms with Gasteiger partial charge in [-0.15, -0.1) is 0 Å². The largest absolute Gasteiger partial charge is 0.504 e. The quantitative estimate of drug-likeness (QED) is 0.347. The second-order valence-electron chi connectivity index (χ2n) is 5.55. The highest BCUT2D eigenvalue weighted by Crippen LogP contribution is 2.42. The summed E-state index contributed by atoms with van der Waals surface area (Å²) in [4.78, 5) is 0. The van der Waals surface area contributed by atoms with Crippen molar-refractivity contribution in [2.24, 2.45) is 0 Å². The molecule has 0 aliphatic carbocycles. The third-order valence-electron chi connectivity index (χ3n) is 4.09. The molecular formula is C20H13ClO2. The Morgan fingerprint density at radius 3 is 2.13 bits per heavy atom. The Bertz CT molecular complexity index is 1050. The van der Waals surface area contributed by atoms with Crippen molar-refractivity contribution in [3.8, 4) is 22.6 Å². The molecule has 23 heavy (non-hydrogen) atoms. The number of halogens is 1. The van der Waals surface area contributed by atoms with E-state index in [0.717, 1.165) is 27.1 Å². The van der Waals surface area contributed by atoms with Crippen molar-refractivity contribution in [3.05, 3.63) is 71.8 Å². The van der Waals surface area contributed by atoms with E-state index < -0.39 is 0 Å². The SMILES string of the molecule is Oc1cc(Cl)cc(-c2cccc3cc4ccccc4cc23)c1O. The van der Waals surface area contributed by atoms with E-state index in [1.165, 1.54) is 6.07 Å². The molecule has 0 radical (unpaired) electrons. The standard InChI is InChI=1S/C20H13ClO2/c21-15-10-18(20(23)19(22)11-15)16-7-3-6-14-8-12-4-1-2-5-13(12)9-17(14)16/h1-11,22-23H. The van der Waals surface area contributed by atoms with Gasteiger partial charge in [0.1, 0.15) is 0 Å². The monoisotopic (exact) mass is 320 g/mol. The van der Waals surface area contributed by atoms with E-state index in [1.807, 2.05) is 30.3 Å². The van der Waals surface area contributed by atoms with Gasteiger partial charge in [-0.25, -0.2) is 0 Å². The van der Waals surface area contributed by atoms with Crippen LogP contribution in [0, 0.1) is 0 Å². The van der Waals surface area contributed by atoms with Gasteiger partial charge < -0.3 is 10.2 Å². The molecule has 3 heteroatoms. The molecule has 2 N–H and O–H groups in total. The summed E-state index contributed by atoms with van der Waals surface area (Å²) in [7, 11) is 0. The molecule has 112 valence electrons. The summed E-state index contributed by atoms with van der Waals surface area (Å²) < 4.78 is 0. The van der Waals surface area contributed by atoms with Crippen LogP contribution in [0.4, 0.5) is 0 Å². The van der Waals surface area contributed by atoms with Crippen molar-refractivity contribution >= 4 is 33.1 Å². The maximum Gasteiger partial charge on any atom is 0.165 e. The first-order chi connectivity index (χ1) is 11.1. The van der Waals surface area contributed by atoms with Crippen LogP contribution in [0.5, 0.6) is 11.5 Å². The molecule has 0 aromatic heterocycles. The Labute approximate surface area is 138 Å². The van der Waals surface area contributed by atoms with E-state index >= 15 is 0 Å². The predicted molar refractivity (Wildman–Crippen MR) is 95.2 cm³/mol. The van der Waals surface area contributed by atoms with Crippen LogP contribution in [0.3, 0.4) is 0 Å². The summed E-state index contributed by atoms with van der Waals surface area (Å²) in [5.41, 5.74) is 1.36. The van der Waals surface area contributed by atoms with Gasteiger partial charge in [0, 0.05) is 16.7 Å². The van der Waals surface area contributed by atoms with E-state index in [0.29, 0.717) is 10.6 Å². The van der Waals surface area contributed by atoms with Crippen LogP contribution in [-0.2, 0) is 0 Å². The fourth-order valence-corrected chi connectivity index (χ4v) is 3.20. The Hall–Kier alpha value is -2.71. The molecule has 0 amide bonds. The topological polar surface area (TPSA) is 40.5 Å². The van der Waals surface area contributed by atoms with Gasteiger partial charge in [-0.3, -0.25) is 0 Å². The lowest BCUT2D eigenvalue weighted by Gasteiger charge is -2.11. The van der Waals surface area contributed by atoms with Gasteiger partial charge in [-0.1, -0.05) is 54.1 Å². The average Bonchev–Trinajstić information content (AvgIpc) is 2.56. The third-order valence-corrected chi connectivity index (χ3v) is 4.31. The van der Waals surface area contributed by atoms with Gasteiger partial charge in [0.05, 0.1) is 0 Å². The zero-order valence-corrected chi connectivity index (χ0v) is 12.9. The lowest BCUT2D eigenvalue weighted by molar-refractivity contribution is 0.405. The molecular weight excluding hydrogens is 308 g/mol. The Kier molecular flexibility index (Phi) is 3.14. The van der Waals surface area contributed by atoms with Crippen molar-refractivity contribution in [2.45, 2.75) is 0 Å². The highest BCUT2D eigenvalue weighted by atomic mass is 35.5. The highest BCUT2D eigenvalue weighted by molar-refractivity contribution is 6.31. The molecule has 0 aliphatic heterocycles. The molecule has 0 saturated carbocycles. The van der Waals surface area contributed by atoms with Gasteiger partial charge in [-0.2, -0.15) is 0 Å². The highest BCUT2D eigenvalue weighted by Gasteiger charge is 2.13. The van der Waals surface area contributed by atoms with Crippen molar-refractivity contribution < 1.29 is 10.2 Å². The number of hydrogen-bond donors (Lipinski definition) is 2. The molecule has 0 spiro atoms. The number of phenols is 2. The molecule has 0 atom stereocenters. The summed E-state index contributed by atoms with van der Waals surface area (Å²) >= 11 is 6.05. The Morgan fingerprint density at radius 2 is 1.35 bits per heavy atom. The molecule has 4 aromatic rings. The number of fused-ring (bicyclic) bond motifs is 2. The van der Waals surface area contributed by atoms with Crippen molar-refractivity contribution in [2.75, 3.05) is 0 Å². The van der Waals surface area contributed by atoms with Crippen molar-refractivity contribution in [3.63, 3.8) is 0 Å². The smallest absolute Gasteiger partial charge is 0.165 e. The van der Waals surface area contributed by atoms with Crippen LogP contribution >= 0.6 is 11.6 Å². The summed E-state index contributed by atoms with van der Waals surface area (Å²) in [6.45, 7) is 0. The molecule has 0 aliphatic rings. The van der Waals surface area contributed by atoms with E-state index in [9.17, 15) is 10.2 Å². The first-order valence-corrected chi connectivity index (χ1v) is 7.64. The molecule has 0 heterocycles. The van der Waals surface area contributed by atoms with Crippen LogP contribution in [0.1, 0.15) is 0 Å². The minimum atomic E-state index is -0.217. The summed E-state index contributed by atoms with van der Waals surface area (Å²) in [6, 6.07) is 21.2. The number of phenolic OH excluding ortho intramolecular Hbond substituents is 2. The molecule has 0 unspecified atom stereocenters. The number of benzene rings is 4. The van der Waals surface area contributed by atoms with E-state index in [2.05, 4.69) is 24.3 Å². The molecule has 0 saturated heterocycles. The predicted octanol–water partition coefficient (Wildman–Crippen LogP) is 5.72. The maximum atomic E-state index is 10.2. The minimum absolute atomic E-state index is 0.157. The lowest BCUT2D eigenvalue weighted by Crippen LogP contribution is -1.84. The van der Waals surface area contributed by atoms with Gasteiger partial charge in [0.15, 0.2) is 11.5 Å². The normalized spacial score (nSPS) is 11.2. The van der Waals surface area contributed by atoms with Crippen LogP contribution in [0.2, 0.25) is 5.02 Å². The fraction of sp³-hybridized carbons (Fsp3) is 0. The second-order valence-corrected chi connectivity index (χ2v) is 5.98. The first-order valence-electron chi connectivity index (χ1n) is 7.27. The van der Waals surface area contributed by atoms with E-state index in [-0.39, 0.29) is 11.5 Å². The molecule has 0 bridgehead atoms. The molecule has 2 nitrogen and oxygen atoms in total. The minimum Gasteiger partial charge on any atom is -0.504 e. The number of hydrogen-bond acceptors (Lipinski definition) is 2. The molecule has 0 fully saturated rings. The Morgan fingerprint density at radius 1 is 0.652 bits per heavy atom. The number of aromatic hydroxyl groups is 2. The zero-order chi connectivity index (χ0) is 16.0. The van der Waals surface area contributed by atoms with Crippen LogP contribution in [-0.4, -0.2) is 10.2 Å². The van der Waals surface area contributed by atoms with E-state index in [4.69, 9.17) is 11.6 Å². The van der Waals surface area contributed by atoms with Gasteiger partial charge >= 0.3 is 0 Å². The summed E-state index contributed by atoms with van der Waals surface area (Å²) in [5, 5.41) is 24.8. The summed E-state index contributed by atoms with van der Waals surface area (Å²) in [6.07, 6.45) is 0. The van der Waals surface area contributed by atoms with Crippen molar-refractivity contribution in [1.29, 1.82) is 0 Å². The van der Waals surface area contributed by atoms with Crippen molar-refractivity contribution in [1.82, 2.24) is 0 Å². The van der Waals surface area contributed by atoms with Gasteiger partial charge in [-0.05, 0) is 45.3 Å². The molecule has 4 aromatic carbocycles. The third kappa shape index (κ3) is 2.28. The molecule has 4 rings (SSSR count). The average molecular weight is 321 g/mol.